The second kappa shape index (κ2) is 5.76. The Labute approximate surface area is 134 Å². The van der Waals surface area contributed by atoms with Crippen LogP contribution >= 0.6 is 0 Å². The number of imidazole rings is 2. The molecule has 24 heavy (non-hydrogen) atoms. The molecule has 0 aliphatic heterocycles. The third kappa shape index (κ3) is 2.39. The third-order valence-corrected chi connectivity index (χ3v) is 3.86. The van der Waals surface area contributed by atoms with E-state index < -0.39 is 16.2 Å². The van der Waals surface area contributed by atoms with E-state index in [-0.39, 0.29) is 18.9 Å². The highest BCUT2D eigenvalue weighted by molar-refractivity contribution is 5.69. The van der Waals surface area contributed by atoms with E-state index in [9.17, 15) is 19.7 Å². The molecule has 0 spiro atoms. The van der Waals surface area contributed by atoms with Crippen molar-refractivity contribution in [3.63, 3.8) is 0 Å². The standard InChI is InChI=1S/C13H15N7O4/c1-16-8-15-11-10(16)12(21)19(13(22)17(11)2)5-3-4-18-7-14-6-9(18)20(23)24/h6-8H,3-5H2,1-2H3. The van der Waals surface area contributed by atoms with Gasteiger partial charge in [-0.1, -0.05) is 0 Å². The van der Waals surface area contributed by atoms with Crippen LogP contribution in [0.15, 0.2) is 28.4 Å². The lowest BCUT2D eigenvalue weighted by molar-refractivity contribution is -0.392. The summed E-state index contributed by atoms with van der Waals surface area (Å²) in [6.45, 7) is 0.414. The number of aromatic nitrogens is 6. The van der Waals surface area contributed by atoms with Gasteiger partial charge < -0.3 is 14.7 Å². The van der Waals surface area contributed by atoms with Crippen molar-refractivity contribution in [2.75, 3.05) is 0 Å². The fraction of sp³-hybridized carbons (Fsp3) is 0.385. The van der Waals surface area contributed by atoms with Crippen molar-refractivity contribution < 1.29 is 4.92 Å². The first kappa shape index (κ1) is 15.6. The topological polar surface area (TPSA) is 123 Å². The molecule has 0 aliphatic rings. The summed E-state index contributed by atoms with van der Waals surface area (Å²) in [5.41, 5.74) is -0.223. The van der Waals surface area contributed by atoms with Gasteiger partial charge in [-0.3, -0.25) is 13.9 Å². The smallest absolute Gasteiger partial charge is 0.342 e. The predicted molar refractivity (Wildman–Crippen MR) is 83.7 cm³/mol. The van der Waals surface area contributed by atoms with E-state index in [4.69, 9.17) is 0 Å². The van der Waals surface area contributed by atoms with E-state index in [0.717, 1.165) is 10.8 Å². The van der Waals surface area contributed by atoms with Gasteiger partial charge in [0, 0.05) is 27.1 Å². The summed E-state index contributed by atoms with van der Waals surface area (Å²) >= 11 is 0. The molecular weight excluding hydrogens is 318 g/mol. The average Bonchev–Trinajstić information content (AvgIpc) is 3.15. The molecule has 3 aromatic heterocycles. The Balaban J connectivity index is 1.89. The van der Waals surface area contributed by atoms with Gasteiger partial charge in [0.1, 0.15) is 6.20 Å². The zero-order valence-electron chi connectivity index (χ0n) is 13.1. The lowest BCUT2D eigenvalue weighted by atomic mass is 10.4. The number of hydrogen-bond donors (Lipinski definition) is 0. The molecule has 11 heteroatoms. The summed E-state index contributed by atoms with van der Waals surface area (Å²) in [7, 11) is 3.23. The van der Waals surface area contributed by atoms with Gasteiger partial charge in [0.2, 0.25) is 0 Å². The molecule has 3 aromatic rings. The van der Waals surface area contributed by atoms with E-state index in [1.165, 1.54) is 21.8 Å². The fourth-order valence-electron chi connectivity index (χ4n) is 2.63. The Morgan fingerprint density at radius 3 is 2.67 bits per heavy atom. The minimum absolute atomic E-state index is 0.127. The van der Waals surface area contributed by atoms with E-state index >= 15 is 0 Å². The lowest BCUT2D eigenvalue weighted by Crippen LogP contribution is -2.39. The van der Waals surface area contributed by atoms with E-state index in [1.54, 1.807) is 18.7 Å². The van der Waals surface area contributed by atoms with Crippen molar-refractivity contribution in [2.24, 2.45) is 14.1 Å². The van der Waals surface area contributed by atoms with Crippen LogP contribution in [0.2, 0.25) is 0 Å². The molecular formula is C13H15N7O4. The van der Waals surface area contributed by atoms with Crippen LogP contribution in [0.3, 0.4) is 0 Å². The zero-order chi connectivity index (χ0) is 17.4. The molecule has 126 valence electrons. The van der Waals surface area contributed by atoms with E-state index in [1.807, 2.05) is 0 Å². The maximum atomic E-state index is 12.5. The van der Waals surface area contributed by atoms with E-state index in [0.29, 0.717) is 17.6 Å². The second-order valence-corrected chi connectivity index (χ2v) is 5.38. The molecule has 0 saturated heterocycles. The van der Waals surface area contributed by atoms with Crippen LogP contribution in [-0.4, -0.2) is 33.2 Å². The summed E-state index contributed by atoms with van der Waals surface area (Å²) in [5.74, 6) is -0.127. The average molecular weight is 333 g/mol. The van der Waals surface area contributed by atoms with Crippen molar-refractivity contribution in [2.45, 2.75) is 19.5 Å². The van der Waals surface area contributed by atoms with Gasteiger partial charge in [0.05, 0.1) is 12.9 Å². The number of hydrogen-bond acceptors (Lipinski definition) is 6. The zero-order valence-corrected chi connectivity index (χ0v) is 13.1. The molecule has 0 amide bonds. The minimum atomic E-state index is -0.528. The van der Waals surface area contributed by atoms with Gasteiger partial charge in [-0.2, -0.15) is 0 Å². The molecule has 3 heterocycles. The number of aryl methyl sites for hydroxylation is 3. The fourth-order valence-corrected chi connectivity index (χ4v) is 2.63. The van der Waals surface area contributed by atoms with Crippen molar-refractivity contribution in [1.82, 2.24) is 28.2 Å². The molecule has 0 fully saturated rings. The monoisotopic (exact) mass is 333 g/mol. The molecule has 11 nitrogen and oxygen atoms in total. The highest BCUT2D eigenvalue weighted by Crippen LogP contribution is 2.10. The van der Waals surface area contributed by atoms with Gasteiger partial charge in [0.15, 0.2) is 17.5 Å². The van der Waals surface area contributed by atoms with Crippen LogP contribution in [0.1, 0.15) is 6.42 Å². The molecule has 0 aromatic carbocycles. The summed E-state index contributed by atoms with van der Waals surface area (Å²) in [4.78, 5) is 43.0. The first-order valence-corrected chi connectivity index (χ1v) is 7.17. The second-order valence-electron chi connectivity index (χ2n) is 5.38. The maximum Gasteiger partial charge on any atom is 0.342 e. The molecule has 0 saturated carbocycles. The molecule has 0 atom stereocenters. The Morgan fingerprint density at radius 1 is 1.21 bits per heavy atom. The number of fused-ring (bicyclic) bond motifs is 1. The Morgan fingerprint density at radius 2 is 1.96 bits per heavy atom. The quantitative estimate of drug-likeness (QED) is 0.463. The van der Waals surface area contributed by atoms with Crippen LogP contribution < -0.4 is 11.2 Å². The summed E-state index contributed by atoms with van der Waals surface area (Å²) in [5, 5.41) is 10.8. The molecule has 0 bridgehead atoms. The molecule has 0 aliphatic carbocycles. The number of nitrogens with zero attached hydrogens (tertiary/aromatic N) is 7. The van der Waals surface area contributed by atoms with Crippen molar-refractivity contribution in [3.05, 3.63) is 49.8 Å². The Hall–Kier alpha value is -3.24. The maximum absolute atomic E-state index is 12.5. The van der Waals surface area contributed by atoms with Crippen molar-refractivity contribution in [1.29, 1.82) is 0 Å². The van der Waals surface area contributed by atoms with Gasteiger partial charge in [-0.05, 0) is 4.92 Å². The van der Waals surface area contributed by atoms with Crippen LogP contribution in [0, 0.1) is 10.1 Å². The predicted octanol–water partition coefficient (Wildman–Crippen LogP) is -0.371. The summed E-state index contributed by atoms with van der Waals surface area (Å²) in [6, 6.07) is 0. The first-order valence-electron chi connectivity index (χ1n) is 7.17. The summed E-state index contributed by atoms with van der Waals surface area (Å²) in [6.07, 6.45) is 4.36. The van der Waals surface area contributed by atoms with Crippen molar-refractivity contribution >= 4 is 17.0 Å². The van der Waals surface area contributed by atoms with Crippen LogP contribution in [-0.2, 0) is 27.2 Å². The molecule has 0 unspecified atom stereocenters. The van der Waals surface area contributed by atoms with E-state index in [2.05, 4.69) is 9.97 Å². The molecule has 0 N–H and O–H groups in total. The highest BCUT2D eigenvalue weighted by Gasteiger charge is 2.16. The largest absolute Gasteiger partial charge is 0.358 e. The van der Waals surface area contributed by atoms with Crippen LogP contribution in [0.25, 0.3) is 11.2 Å². The third-order valence-electron chi connectivity index (χ3n) is 3.86. The Kier molecular flexibility index (Phi) is 3.75. The van der Waals surface area contributed by atoms with Crippen LogP contribution in [0.5, 0.6) is 0 Å². The van der Waals surface area contributed by atoms with Crippen molar-refractivity contribution in [3.8, 4) is 0 Å². The highest BCUT2D eigenvalue weighted by atomic mass is 16.6. The molecule has 3 rings (SSSR count). The number of nitro groups is 1. The van der Waals surface area contributed by atoms with Gasteiger partial charge >= 0.3 is 11.5 Å². The lowest BCUT2D eigenvalue weighted by Gasteiger charge is -2.08. The summed E-state index contributed by atoms with van der Waals surface area (Å²) < 4.78 is 5.37. The number of rotatable bonds is 5. The normalized spacial score (nSPS) is 11.2. The van der Waals surface area contributed by atoms with Crippen LogP contribution in [0.4, 0.5) is 5.82 Å². The Bertz CT molecular complexity index is 1040. The minimum Gasteiger partial charge on any atom is -0.358 e. The molecule has 0 radical (unpaired) electrons. The van der Waals surface area contributed by atoms with Gasteiger partial charge in [-0.15, -0.1) is 0 Å². The van der Waals surface area contributed by atoms with Gasteiger partial charge in [0.25, 0.3) is 5.56 Å². The van der Waals surface area contributed by atoms with Gasteiger partial charge in [-0.25, -0.2) is 19.3 Å². The SMILES string of the molecule is Cn1cnc2c1c(=O)n(CCCn1cncc1[N+](=O)[O-])c(=O)n2C. The first-order chi connectivity index (χ1) is 11.4.